The minimum absolute atomic E-state index is 0.252. The van der Waals surface area contributed by atoms with Gasteiger partial charge >= 0.3 is 5.97 Å². The van der Waals surface area contributed by atoms with Gasteiger partial charge in [0.1, 0.15) is 17.4 Å². The van der Waals surface area contributed by atoms with Crippen LogP contribution in [0.2, 0.25) is 0 Å². The Balaban J connectivity index is 0.000000151. The van der Waals surface area contributed by atoms with Crippen LogP contribution >= 0.6 is 0 Å². The van der Waals surface area contributed by atoms with Crippen LogP contribution < -0.4 is 0 Å². The lowest BCUT2D eigenvalue weighted by molar-refractivity contribution is -0.135. The van der Waals surface area contributed by atoms with Gasteiger partial charge in [0.2, 0.25) is 0 Å². The van der Waals surface area contributed by atoms with Crippen molar-refractivity contribution in [2.24, 2.45) is 23.7 Å². The number of hydrogen-bond donors (Lipinski definition) is 0. The Kier molecular flexibility index (Phi) is 4.33. The molecule has 118 valence electrons. The number of ether oxygens (including phenoxy) is 1. The van der Waals surface area contributed by atoms with Gasteiger partial charge in [-0.1, -0.05) is 0 Å². The smallest absolute Gasteiger partial charge is 0.348 e. The van der Waals surface area contributed by atoms with Crippen LogP contribution in [0, 0.1) is 35.0 Å². The summed E-state index contributed by atoms with van der Waals surface area (Å²) in [6.07, 6.45) is 8.86. The van der Waals surface area contributed by atoms with Crippen LogP contribution in [-0.4, -0.2) is 18.9 Å². The molecule has 4 nitrogen and oxygen atoms in total. The Bertz CT molecular complexity index is 529. The Labute approximate surface area is 131 Å². The van der Waals surface area contributed by atoms with Crippen LogP contribution in [0.1, 0.15) is 51.4 Å². The second-order valence-electron chi connectivity index (χ2n) is 7.13. The van der Waals surface area contributed by atoms with Gasteiger partial charge in [-0.3, -0.25) is 4.79 Å². The highest BCUT2D eigenvalue weighted by Gasteiger charge is 2.40. The van der Waals surface area contributed by atoms with E-state index in [9.17, 15) is 9.59 Å². The van der Waals surface area contributed by atoms with Gasteiger partial charge in [0.05, 0.1) is 7.11 Å². The Morgan fingerprint density at radius 2 is 1.45 bits per heavy atom. The fourth-order valence-corrected chi connectivity index (χ4v) is 4.31. The summed E-state index contributed by atoms with van der Waals surface area (Å²) in [6, 6.07) is 1.97. The summed E-state index contributed by atoms with van der Waals surface area (Å²) in [5.74, 6) is 3.15. The number of carbonyl (C=O) groups excluding carboxylic acids is 2. The summed E-state index contributed by atoms with van der Waals surface area (Å²) in [6.45, 7) is 0. The largest absolute Gasteiger partial charge is 0.465 e. The molecular formula is C18H23NO3. The summed E-state index contributed by atoms with van der Waals surface area (Å²) >= 11 is 0. The second-order valence-corrected chi connectivity index (χ2v) is 7.13. The predicted octanol–water partition coefficient (Wildman–Crippen LogP) is 3.18. The quantitative estimate of drug-likeness (QED) is 0.424. The molecule has 0 aromatic carbocycles. The van der Waals surface area contributed by atoms with Crippen molar-refractivity contribution in [3.8, 4) is 6.07 Å². The molecule has 4 aliphatic rings. The van der Waals surface area contributed by atoms with Crippen molar-refractivity contribution in [1.29, 1.82) is 5.26 Å². The maximum Gasteiger partial charge on any atom is 0.348 e. The number of ketones is 1. The minimum Gasteiger partial charge on any atom is -0.465 e. The van der Waals surface area contributed by atoms with Gasteiger partial charge in [0.15, 0.2) is 0 Å². The zero-order valence-corrected chi connectivity index (χ0v) is 13.1. The molecule has 0 radical (unpaired) electrons. The topological polar surface area (TPSA) is 67.2 Å². The molecule has 0 aromatic rings. The molecule has 0 heterocycles. The number of nitriles is 1. The number of esters is 1. The van der Waals surface area contributed by atoms with Crippen LogP contribution in [0.25, 0.3) is 0 Å². The molecule has 4 rings (SSSR count). The zero-order chi connectivity index (χ0) is 15.7. The number of fused-ring (bicyclic) bond motifs is 2. The number of methoxy groups -OCH3 is 1. The van der Waals surface area contributed by atoms with Gasteiger partial charge in [-0.15, -0.1) is 0 Å². The van der Waals surface area contributed by atoms with Crippen molar-refractivity contribution < 1.29 is 14.3 Å². The summed E-state index contributed by atoms with van der Waals surface area (Å²) in [5.41, 5.74) is 1.27. The number of hydrogen-bond acceptors (Lipinski definition) is 4. The Morgan fingerprint density at radius 3 is 1.77 bits per heavy atom. The molecule has 0 aliphatic heterocycles. The van der Waals surface area contributed by atoms with Crippen molar-refractivity contribution in [2.45, 2.75) is 51.4 Å². The highest BCUT2D eigenvalue weighted by atomic mass is 16.5. The lowest BCUT2D eigenvalue weighted by atomic mass is 9.77. The SMILES string of the molecule is COC(=O)C(C#N)=C1C[C@H]2CC[C@H]2C1.O=C1C[C@H]2CC[C@H]2C1. The first kappa shape index (κ1) is 15.3. The van der Waals surface area contributed by atoms with Crippen LogP contribution in [0.5, 0.6) is 0 Å². The Morgan fingerprint density at radius 1 is 1.00 bits per heavy atom. The number of rotatable bonds is 1. The summed E-state index contributed by atoms with van der Waals surface area (Å²) < 4.78 is 4.59. The standard InChI is InChI=1S/C11H13NO2.C7H10O/c1-14-11(13)10(6-12)9-4-7-2-3-8(7)5-9;8-7-3-5-1-2-6(5)4-7/h7-8H,2-5H2,1H3;5-6H,1-4H2/t7-,8+;5-,6+. The lowest BCUT2D eigenvalue weighted by Crippen LogP contribution is -2.18. The first-order valence-corrected chi connectivity index (χ1v) is 8.34. The number of Topliss-reactive ketones (excluding diaryl/α,β-unsaturated/α-hetero) is 1. The maximum atomic E-state index is 11.3. The van der Waals surface area contributed by atoms with E-state index in [1.54, 1.807) is 0 Å². The summed E-state index contributed by atoms with van der Waals surface area (Å²) in [7, 11) is 1.32. The summed E-state index contributed by atoms with van der Waals surface area (Å²) in [5, 5.41) is 8.87. The molecule has 4 heteroatoms. The van der Waals surface area contributed by atoms with Crippen LogP contribution in [0.15, 0.2) is 11.1 Å². The third-order valence-corrected chi connectivity index (χ3v) is 6.00. The van der Waals surface area contributed by atoms with E-state index in [1.807, 2.05) is 6.07 Å². The minimum atomic E-state index is -0.469. The fourth-order valence-electron chi connectivity index (χ4n) is 4.31. The van der Waals surface area contributed by atoms with Crippen molar-refractivity contribution in [1.82, 2.24) is 0 Å². The van der Waals surface area contributed by atoms with Gasteiger partial charge in [0.25, 0.3) is 0 Å². The second kappa shape index (κ2) is 6.24. The van der Waals surface area contributed by atoms with E-state index < -0.39 is 5.97 Å². The third-order valence-electron chi connectivity index (χ3n) is 6.00. The fraction of sp³-hybridized carbons (Fsp3) is 0.722. The van der Waals surface area contributed by atoms with Gasteiger partial charge in [-0.25, -0.2) is 4.79 Å². The zero-order valence-electron chi connectivity index (χ0n) is 13.1. The molecule has 0 spiro atoms. The highest BCUT2D eigenvalue weighted by molar-refractivity contribution is 5.93. The molecule has 4 saturated carbocycles. The first-order chi connectivity index (χ1) is 10.6. The third kappa shape index (κ3) is 2.82. The van der Waals surface area contributed by atoms with Crippen molar-refractivity contribution in [3.05, 3.63) is 11.1 Å². The molecule has 22 heavy (non-hydrogen) atoms. The number of carbonyl (C=O) groups is 2. The first-order valence-electron chi connectivity index (χ1n) is 8.34. The average molecular weight is 301 g/mol. The van der Waals surface area contributed by atoms with E-state index in [0.29, 0.717) is 5.78 Å². The number of allylic oxidation sites excluding steroid dienone is 1. The van der Waals surface area contributed by atoms with Crippen molar-refractivity contribution in [3.63, 3.8) is 0 Å². The van der Waals surface area contributed by atoms with Crippen LogP contribution in [0.3, 0.4) is 0 Å². The normalized spacial score (nSPS) is 36.6. The van der Waals surface area contributed by atoms with Gasteiger partial charge in [-0.05, 0) is 67.8 Å². The Hall–Kier alpha value is -1.63. The van der Waals surface area contributed by atoms with E-state index in [1.165, 1.54) is 32.8 Å². The van der Waals surface area contributed by atoms with E-state index in [-0.39, 0.29) is 5.57 Å². The van der Waals surface area contributed by atoms with Crippen molar-refractivity contribution in [2.75, 3.05) is 7.11 Å². The maximum absolute atomic E-state index is 11.3. The van der Waals surface area contributed by atoms with E-state index >= 15 is 0 Å². The molecular weight excluding hydrogens is 278 g/mol. The molecule has 4 fully saturated rings. The van der Waals surface area contributed by atoms with Crippen LogP contribution in [-0.2, 0) is 14.3 Å². The van der Waals surface area contributed by atoms with Gasteiger partial charge < -0.3 is 4.74 Å². The van der Waals surface area contributed by atoms with Crippen molar-refractivity contribution >= 4 is 11.8 Å². The molecule has 0 N–H and O–H groups in total. The number of nitrogens with zero attached hydrogens (tertiary/aromatic N) is 1. The van der Waals surface area contributed by atoms with Crippen LogP contribution in [0.4, 0.5) is 0 Å². The molecule has 0 saturated heterocycles. The van der Waals surface area contributed by atoms with E-state index in [2.05, 4.69) is 4.74 Å². The summed E-state index contributed by atoms with van der Waals surface area (Å²) in [4.78, 5) is 22.0. The predicted molar refractivity (Wildman–Crippen MR) is 80.6 cm³/mol. The molecule has 0 bridgehead atoms. The molecule has 4 atom stereocenters. The van der Waals surface area contributed by atoms with E-state index in [4.69, 9.17) is 5.26 Å². The molecule has 4 aliphatic carbocycles. The monoisotopic (exact) mass is 301 g/mol. The lowest BCUT2D eigenvalue weighted by Gasteiger charge is -2.28. The van der Waals surface area contributed by atoms with Gasteiger partial charge in [-0.2, -0.15) is 5.26 Å². The molecule has 0 aromatic heterocycles. The van der Waals surface area contributed by atoms with Gasteiger partial charge in [0, 0.05) is 12.8 Å². The molecule has 0 unspecified atom stereocenters. The molecule has 0 amide bonds. The average Bonchev–Trinajstić information content (AvgIpc) is 2.91. The van der Waals surface area contributed by atoms with E-state index in [0.717, 1.165) is 54.9 Å². The highest BCUT2D eigenvalue weighted by Crippen LogP contribution is 2.50.